The van der Waals surface area contributed by atoms with Gasteiger partial charge in [-0.25, -0.2) is 22.4 Å². The van der Waals surface area contributed by atoms with Crippen molar-refractivity contribution in [3.8, 4) is 0 Å². The van der Waals surface area contributed by atoms with Crippen molar-refractivity contribution in [2.24, 2.45) is 5.73 Å². The third kappa shape index (κ3) is 7.55. The third-order valence-electron chi connectivity index (χ3n) is 6.83. The Balaban J connectivity index is 1.60. The SMILES string of the molecule is NC(Cc1ccccc1)CN(C(CC(=O)N1CCn2c(nnc2C(F)(F)F)C1)Cc1cc(F)c(F)cc1F)P(=O)(O)O. The van der Waals surface area contributed by atoms with Gasteiger partial charge in [0.05, 0.1) is 6.54 Å². The molecular formula is C25H27F6N6O4P. The van der Waals surface area contributed by atoms with Crippen molar-refractivity contribution < 1.29 is 45.5 Å². The second-order valence-corrected chi connectivity index (χ2v) is 11.4. The molecule has 4 rings (SSSR count). The van der Waals surface area contributed by atoms with E-state index in [2.05, 4.69) is 10.2 Å². The number of hydrogen-bond acceptors (Lipinski definition) is 5. The van der Waals surface area contributed by atoms with E-state index in [0.29, 0.717) is 10.7 Å². The highest BCUT2D eigenvalue weighted by atomic mass is 31.2. The van der Waals surface area contributed by atoms with Crippen molar-refractivity contribution >= 4 is 13.7 Å². The number of aromatic nitrogens is 3. The van der Waals surface area contributed by atoms with Gasteiger partial charge in [0, 0.05) is 44.2 Å². The predicted molar refractivity (Wildman–Crippen MR) is 136 cm³/mol. The average molecular weight is 620 g/mol. The summed E-state index contributed by atoms with van der Waals surface area (Å²) in [5.74, 6) is -6.21. The van der Waals surface area contributed by atoms with Gasteiger partial charge in [-0.2, -0.15) is 13.2 Å². The number of hydrogen-bond donors (Lipinski definition) is 3. The monoisotopic (exact) mass is 620 g/mol. The van der Waals surface area contributed by atoms with Gasteiger partial charge in [-0.3, -0.25) is 4.79 Å². The van der Waals surface area contributed by atoms with E-state index in [9.17, 15) is 45.5 Å². The minimum atomic E-state index is -5.19. The molecule has 42 heavy (non-hydrogen) atoms. The Morgan fingerprint density at radius 1 is 1.02 bits per heavy atom. The number of carbonyl (C=O) groups is 1. The van der Waals surface area contributed by atoms with Gasteiger partial charge in [-0.05, 0) is 30.0 Å². The first-order valence-corrected chi connectivity index (χ1v) is 14.2. The number of benzene rings is 2. The maximum absolute atomic E-state index is 14.6. The summed E-state index contributed by atoms with van der Waals surface area (Å²) in [6, 6.07) is 7.22. The average Bonchev–Trinajstić information content (AvgIpc) is 3.34. The van der Waals surface area contributed by atoms with Crippen molar-refractivity contribution in [1.82, 2.24) is 24.3 Å². The van der Waals surface area contributed by atoms with Crippen LogP contribution in [0, 0.1) is 17.5 Å². The van der Waals surface area contributed by atoms with E-state index in [0.717, 1.165) is 15.0 Å². The molecule has 1 aromatic heterocycles. The molecule has 3 aromatic rings. The number of rotatable bonds is 10. The molecule has 0 radical (unpaired) electrons. The number of nitrogens with zero attached hydrogens (tertiary/aromatic N) is 5. The van der Waals surface area contributed by atoms with Gasteiger partial charge in [0.2, 0.25) is 11.7 Å². The highest BCUT2D eigenvalue weighted by Crippen LogP contribution is 2.43. The fourth-order valence-corrected chi connectivity index (χ4v) is 5.87. The smallest absolute Gasteiger partial charge is 0.333 e. The van der Waals surface area contributed by atoms with Crippen molar-refractivity contribution in [2.45, 2.75) is 50.6 Å². The van der Waals surface area contributed by atoms with Crippen LogP contribution >= 0.6 is 7.75 Å². The maximum atomic E-state index is 14.6. The van der Waals surface area contributed by atoms with E-state index in [1.807, 2.05) is 0 Å². The molecule has 0 saturated carbocycles. The van der Waals surface area contributed by atoms with Crippen LogP contribution in [0.15, 0.2) is 42.5 Å². The van der Waals surface area contributed by atoms with Crippen molar-refractivity contribution in [1.29, 1.82) is 0 Å². The van der Waals surface area contributed by atoms with Crippen LogP contribution in [0.4, 0.5) is 26.3 Å². The normalized spacial score (nSPS) is 15.5. The summed E-state index contributed by atoms with van der Waals surface area (Å²) in [5, 5.41) is 6.66. The van der Waals surface area contributed by atoms with Gasteiger partial charge in [0.15, 0.2) is 17.5 Å². The van der Waals surface area contributed by atoms with E-state index in [-0.39, 0.29) is 37.9 Å². The van der Waals surface area contributed by atoms with Crippen LogP contribution in [0.5, 0.6) is 0 Å². The summed E-state index contributed by atoms with van der Waals surface area (Å²) in [6.45, 7) is -1.35. The molecule has 2 atom stereocenters. The number of alkyl halides is 3. The second-order valence-electron chi connectivity index (χ2n) is 9.91. The summed E-state index contributed by atoms with van der Waals surface area (Å²) >= 11 is 0. The van der Waals surface area contributed by atoms with E-state index in [1.54, 1.807) is 30.3 Å². The summed E-state index contributed by atoms with van der Waals surface area (Å²) in [7, 11) is -5.19. The molecule has 1 aliphatic heterocycles. The zero-order chi connectivity index (χ0) is 30.8. The zero-order valence-electron chi connectivity index (χ0n) is 21.9. The summed E-state index contributed by atoms with van der Waals surface area (Å²) in [5.41, 5.74) is 6.50. The first-order valence-electron chi connectivity index (χ1n) is 12.7. The number of fused-ring (bicyclic) bond motifs is 1. The highest BCUT2D eigenvalue weighted by Gasteiger charge is 2.41. The molecule has 2 aromatic carbocycles. The van der Waals surface area contributed by atoms with Crippen LogP contribution in [0.1, 0.15) is 29.2 Å². The molecular weight excluding hydrogens is 593 g/mol. The predicted octanol–water partition coefficient (Wildman–Crippen LogP) is 3.02. The maximum Gasteiger partial charge on any atom is 0.451 e. The fourth-order valence-electron chi connectivity index (χ4n) is 4.86. The highest BCUT2D eigenvalue weighted by molar-refractivity contribution is 7.49. The first-order chi connectivity index (χ1) is 19.6. The van der Waals surface area contributed by atoms with Gasteiger partial charge in [-0.15, -0.1) is 10.2 Å². The lowest BCUT2D eigenvalue weighted by atomic mass is 10.00. The molecule has 10 nitrogen and oxygen atoms in total. The molecule has 0 aliphatic carbocycles. The Hall–Kier alpha value is -3.30. The lowest BCUT2D eigenvalue weighted by Gasteiger charge is -2.35. The minimum Gasteiger partial charge on any atom is -0.333 e. The number of halogens is 6. The van der Waals surface area contributed by atoms with Crippen molar-refractivity contribution in [2.75, 3.05) is 13.1 Å². The fraction of sp³-hybridized carbons (Fsp3) is 0.400. The topological polar surface area (TPSA) is 138 Å². The van der Waals surface area contributed by atoms with Gasteiger partial charge in [0.1, 0.15) is 5.82 Å². The van der Waals surface area contributed by atoms with Crippen molar-refractivity contribution in [3.63, 3.8) is 0 Å². The van der Waals surface area contributed by atoms with Crippen LogP contribution in [0.2, 0.25) is 0 Å². The summed E-state index contributed by atoms with van der Waals surface area (Å²) < 4.78 is 95.8. The van der Waals surface area contributed by atoms with E-state index >= 15 is 0 Å². The molecule has 17 heteroatoms. The molecule has 2 heterocycles. The molecule has 4 N–H and O–H groups in total. The van der Waals surface area contributed by atoms with E-state index in [4.69, 9.17) is 5.73 Å². The van der Waals surface area contributed by atoms with Gasteiger partial charge in [0.25, 0.3) is 0 Å². The van der Waals surface area contributed by atoms with Crippen LogP contribution in [0.25, 0.3) is 0 Å². The molecule has 0 fully saturated rings. The molecule has 1 aliphatic rings. The van der Waals surface area contributed by atoms with Gasteiger partial charge >= 0.3 is 13.9 Å². The molecule has 0 bridgehead atoms. The van der Waals surface area contributed by atoms with E-state index < -0.39 is 80.1 Å². The second kappa shape index (κ2) is 12.5. The summed E-state index contributed by atoms with van der Waals surface area (Å²) in [4.78, 5) is 34.9. The van der Waals surface area contributed by atoms with Crippen LogP contribution < -0.4 is 5.73 Å². The van der Waals surface area contributed by atoms with Gasteiger partial charge in [-0.1, -0.05) is 30.3 Å². The molecule has 228 valence electrons. The van der Waals surface area contributed by atoms with Crippen LogP contribution in [-0.4, -0.2) is 65.2 Å². The Morgan fingerprint density at radius 3 is 2.33 bits per heavy atom. The number of carbonyl (C=O) groups excluding carboxylic acids is 1. The largest absolute Gasteiger partial charge is 0.451 e. The Kier molecular flexibility index (Phi) is 9.42. The first kappa shape index (κ1) is 31.6. The molecule has 1 amide bonds. The standard InChI is InChI=1S/C25H27F6N6O4P/c26-19-12-21(28)20(27)10-16(19)9-18(37(42(39,40)41)13-17(32)8-15-4-2-1-3-5-15)11-23(38)35-6-7-36-22(14-35)33-34-24(36)25(29,30)31/h1-5,10,12,17-18H,6-9,11,13-14,32H2,(H2,39,40,41). The third-order valence-corrected chi connectivity index (χ3v) is 7.99. The van der Waals surface area contributed by atoms with Crippen molar-refractivity contribution in [3.05, 3.63) is 82.7 Å². The minimum absolute atomic E-state index is 0.151. The van der Waals surface area contributed by atoms with Crippen LogP contribution in [0.3, 0.4) is 0 Å². The number of amides is 1. The lowest BCUT2D eigenvalue weighted by molar-refractivity contribution is -0.148. The molecule has 2 unspecified atom stereocenters. The summed E-state index contributed by atoms with van der Waals surface area (Å²) in [6.07, 6.45) is -5.87. The Labute approximate surface area is 236 Å². The number of nitrogens with two attached hydrogens (primary N) is 1. The Morgan fingerprint density at radius 2 is 1.69 bits per heavy atom. The zero-order valence-corrected chi connectivity index (χ0v) is 22.8. The quantitative estimate of drug-likeness (QED) is 0.179. The lowest BCUT2D eigenvalue weighted by Crippen LogP contribution is -2.47. The molecule has 0 saturated heterocycles. The Bertz CT molecular complexity index is 1470. The van der Waals surface area contributed by atoms with Crippen LogP contribution in [-0.2, 0) is 41.5 Å². The molecule has 0 spiro atoms. The van der Waals surface area contributed by atoms with E-state index in [1.165, 1.54) is 0 Å². The van der Waals surface area contributed by atoms with Gasteiger partial charge < -0.3 is 25.0 Å².